The molecule has 11 heteroatoms. The van der Waals surface area contributed by atoms with Crippen LogP contribution in [0.5, 0.6) is 0 Å². The van der Waals surface area contributed by atoms with Gasteiger partial charge in [-0.3, -0.25) is 9.67 Å². The van der Waals surface area contributed by atoms with Crippen LogP contribution in [0.1, 0.15) is 17.0 Å². The van der Waals surface area contributed by atoms with E-state index in [2.05, 4.69) is 15.4 Å². The maximum Gasteiger partial charge on any atom is 0.435 e. The lowest BCUT2D eigenvalue weighted by molar-refractivity contribution is -0.142. The van der Waals surface area contributed by atoms with Crippen molar-refractivity contribution in [1.82, 2.24) is 24.6 Å². The summed E-state index contributed by atoms with van der Waals surface area (Å²) in [4.78, 5) is 5.92. The molecule has 0 bridgehead atoms. The maximum absolute atomic E-state index is 13.0. The van der Waals surface area contributed by atoms with Gasteiger partial charge in [0, 0.05) is 58.4 Å². The third-order valence-electron chi connectivity index (χ3n) is 3.66. The normalized spacial score (nSPS) is 12.1. The highest BCUT2D eigenvalue weighted by Gasteiger charge is 2.36. The largest absolute Gasteiger partial charge is 0.435 e. The van der Waals surface area contributed by atoms with Gasteiger partial charge in [-0.05, 0) is 6.07 Å². The number of aryl methyl sites for hydroxylation is 2. The highest BCUT2D eigenvalue weighted by Crippen LogP contribution is 2.30. The Bertz CT molecular complexity index is 768. The molecule has 2 rings (SSSR count). The lowest BCUT2D eigenvalue weighted by Crippen LogP contribution is -2.38. The van der Waals surface area contributed by atoms with E-state index in [9.17, 15) is 13.2 Å². The minimum absolute atomic E-state index is 0. The quantitative estimate of drug-likeness (QED) is 0.395. The molecule has 6 nitrogen and oxygen atoms in total. The number of rotatable bonds is 4. The van der Waals surface area contributed by atoms with Crippen LogP contribution in [0.25, 0.3) is 0 Å². The number of guanidine groups is 1. The number of alkyl halides is 3. The van der Waals surface area contributed by atoms with Crippen molar-refractivity contribution in [3.63, 3.8) is 0 Å². The molecule has 2 aromatic rings. The lowest BCUT2D eigenvalue weighted by Gasteiger charge is -2.22. The first-order valence-corrected chi connectivity index (χ1v) is 7.82. The van der Waals surface area contributed by atoms with Gasteiger partial charge in [-0.2, -0.15) is 18.3 Å². The molecule has 26 heavy (non-hydrogen) atoms. The molecule has 1 N–H and O–H groups in total. The predicted molar refractivity (Wildman–Crippen MR) is 106 cm³/mol. The van der Waals surface area contributed by atoms with E-state index in [1.807, 2.05) is 17.7 Å². The van der Waals surface area contributed by atoms with Crippen LogP contribution < -0.4 is 5.32 Å². The number of hydrogen-bond acceptors (Lipinski definition) is 2. The monoisotopic (exact) mass is 504 g/mol. The van der Waals surface area contributed by atoms with Crippen LogP contribution in [-0.2, 0) is 33.4 Å². The summed E-state index contributed by atoms with van der Waals surface area (Å²) >= 11 is 5.97. The van der Waals surface area contributed by atoms with E-state index in [-0.39, 0.29) is 36.1 Å². The fourth-order valence-corrected chi connectivity index (χ4v) is 2.78. The summed E-state index contributed by atoms with van der Waals surface area (Å²) in [6, 6.07) is 1.83. The van der Waals surface area contributed by atoms with Gasteiger partial charge < -0.3 is 14.8 Å². The van der Waals surface area contributed by atoms with Gasteiger partial charge in [-0.25, -0.2) is 0 Å². The van der Waals surface area contributed by atoms with Crippen LogP contribution in [0, 0.1) is 0 Å². The minimum Gasteiger partial charge on any atom is -0.352 e. The third kappa shape index (κ3) is 5.53. The van der Waals surface area contributed by atoms with E-state index in [0.717, 1.165) is 10.4 Å². The molecule has 0 saturated carbocycles. The zero-order valence-electron chi connectivity index (χ0n) is 14.8. The molecule has 0 aliphatic heterocycles. The summed E-state index contributed by atoms with van der Waals surface area (Å²) in [5.41, 5.74) is 0.120. The van der Waals surface area contributed by atoms with Crippen LogP contribution in [0.4, 0.5) is 13.2 Å². The smallest absolute Gasteiger partial charge is 0.352 e. The molecule has 0 aliphatic carbocycles. The summed E-state index contributed by atoms with van der Waals surface area (Å²) in [6.45, 7) is 0.468. The molecule has 0 aliphatic rings. The number of aliphatic imine (C=N–C) groups is 1. The number of halogens is 5. The Morgan fingerprint density at radius 1 is 1.35 bits per heavy atom. The van der Waals surface area contributed by atoms with Crippen LogP contribution in [0.15, 0.2) is 23.5 Å². The molecule has 146 valence electrons. The molecule has 0 amide bonds. The van der Waals surface area contributed by atoms with E-state index < -0.39 is 11.9 Å². The Kier molecular flexibility index (Phi) is 7.81. The third-order valence-corrected chi connectivity index (χ3v) is 3.86. The average Bonchev–Trinajstić information content (AvgIpc) is 3.02. The van der Waals surface area contributed by atoms with Crippen molar-refractivity contribution in [2.75, 3.05) is 14.1 Å². The molecule has 0 unspecified atom stereocenters. The second kappa shape index (κ2) is 8.98. The molecule has 0 aromatic carbocycles. The van der Waals surface area contributed by atoms with Crippen molar-refractivity contribution >= 4 is 41.5 Å². The fraction of sp³-hybridized carbons (Fsp3) is 0.467. The lowest BCUT2D eigenvalue weighted by atomic mass is 10.2. The summed E-state index contributed by atoms with van der Waals surface area (Å²) in [7, 11) is 6.70. The second-order valence-electron chi connectivity index (χ2n) is 5.69. The van der Waals surface area contributed by atoms with Crippen molar-refractivity contribution in [2.45, 2.75) is 19.3 Å². The zero-order valence-corrected chi connectivity index (χ0v) is 17.9. The number of aromatic nitrogens is 3. The standard InChI is InChI=1S/C15H20ClF3N6.HI/c1-20-14(24(3)9-12-5-11(16)8-23(12)2)21-6-10-7-25(4)22-13(10)15(17,18)19;/h5,7-8H,6,9H2,1-4H3,(H,20,21);1H. The van der Waals surface area contributed by atoms with Crippen LogP contribution in [-0.4, -0.2) is 39.3 Å². The SMILES string of the molecule is CN=C(NCc1cn(C)nc1C(F)(F)F)N(C)Cc1cc(Cl)cn1C.I. The first kappa shape index (κ1) is 22.6. The van der Waals surface area contributed by atoms with Gasteiger partial charge in [-0.1, -0.05) is 11.6 Å². The highest BCUT2D eigenvalue weighted by molar-refractivity contribution is 14.0. The van der Waals surface area contributed by atoms with E-state index in [1.165, 1.54) is 13.2 Å². The van der Waals surface area contributed by atoms with E-state index in [1.54, 1.807) is 25.2 Å². The molecular weight excluding hydrogens is 484 g/mol. The second-order valence-corrected chi connectivity index (χ2v) is 6.13. The average molecular weight is 505 g/mol. The van der Waals surface area contributed by atoms with E-state index in [4.69, 9.17) is 11.6 Å². The number of hydrogen-bond donors (Lipinski definition) is 1. The highest BCUT2D eigenvalue weighted by atomic mass is 127. The van der Waals surface area contributed by atoms with Crippen molar-refractivity contribution in [3.8, 4) is 0 Å². The minimum atomic E-state index is -4.49. The molecular formula is C15H21ClF3IN6. The van der Waals surface area contributed by atoms with Gasteiger partial charge in [0.1, 0.15) is 0 Å². The van der Waals surface area contributed by atoms with E-state index in [0.29, 0.717) is 17.5 Å². The van der Waals surface area contributed by atoms with Crippen LogP contribution in [0.3, 0.4) is 0 Å². The first-order chi connectivity index (χ1) is 11.6. The van der Waals surface area contributed by atoms with Crippen molar-refractivity contribution < 1.29 is 13.2 Å². The topological polar surface area (TPSA) is 50.4 Å². The zero-order chi connectivity index (χ0) is 18.8. The molecule has 0 fully saturated rings. The van der Waals surface area contributed by atoms with Gasteiger partial charge in [0.2, 0.25) is 0 Å². The van der Waals surface area contributed by atoms with Crippen LogP contribution >= 0.6 is 35.6 Å². The summed E-state index contributed by atoms with van der Waals surface area (Å²) in [5.74, 6) is 0.467. The molecule has 0 radical (unpaired) electrons. The maximum atomic E-state index is 13.0. The molecule has 2 aromatic heterocycles. The van der Waals surface area contributed by atoms with Gasteiger partial charge >= 0.3 is 6.18 Å². The molecule has 0 spiro atoms. The Labute approximate surface area is 172 Å². The van der Waals surface area contributed by atoms with Gasteiger partial charge in [0.05, 0.1) is 11.6 Å². The van der Waals surface area contributed by atoms with Crippen LogP contribution in [0.2, 0.25) is 5.02 Å². The van der Waals surface area contributed by atoms with Gasteiger partial charge in [0.25, 0.3) is 0 Å². The summed E-state index contributed by atoms with van der Waals surface area (Å²) < 4.78 is 42.0. The Morgan fingerprint density at radius 2 is 2.00 bits per heavy atom. The molecule has 0 saturated heterocycles. The predicted octanol–water partition coefficient (Wildman–Crippen LogP) is 3.26. The van der Waals surface area contributed by atoms with Crippen molar-refractivity contribution in [1.29, 1.82) is 0 Å². The Balaban J connectivity index is 0.00000338. The summed E-state index contributed by atoms with van der Waals surface area (Å²) in [6.07, 6.45) is -1.36. The van der Waals surface area contributed by atoms with Gasteiger partial charge in [-0.15, -0.1) is 24.0 Å². The first-order valence-electron chi connectivity index (χ1n) is 7.44. The number of nitrogens with zero attached hydrogens (tertiary/aromatic N) is 5. The number of nitrogens with one attached hydrogen (secondary N) is 1. The Hall–Kier alpha value is -1.43. The fourth-order valence-electron chi connectivity index (χ4n) is 2.51. The molecule has 2 heterocycles. The Morgan fingerprint density at radius 3 is 2.50 bits per heavy atom. The summed E-state index contributed by atoms with van der Waals surface area (Å²) in [5, 5.41) is 7.06. The van der Waals surface area contributed by atoms with Crippen molar-refractivity contribution in [3.05, 3.63) is 40.4 Å². The van der Waals surface area contributed by atoms with Gasteiger partial charge in [0.15, 0.2) is 11.7 Å². The van der Waals surface area contributed by atoms with Crippen molar-refractivity contribution in [2.24, 2.45) is 19.1 Å². The molecule has 0 atom stereocenters. The van der Waals surface area contributed by atoms with E-state index >= 15 is 0 Å².